The van der Waals surface area contributed by atoms with Crippen LogP contribution in [0.5, 0.6) is 0 Å². The number of amides is 1. The summed E-state index contributed by atoms with van der Waals surface area (Å²) < 4.78 is 12.0. The third-order valence-corrected chi connectivity index (χ3v) is 4.08. The summed E-state index contributed by atoms with van der Waals surface area (Å²) in [4.78, 5) is 25.3. The van der Waals surface area contributed by atoms with Crippen LogP contribution in [0.3, 0.4) is 0 Å². The summed E-state index contributed by atoms with van der Waals surface area (Å²) in [6.45, 7) is 3.08. The molecule has 0 saturated carbocycles. The summed E-state index contributed by atoms with van der Waals surface area (Å²) >= 11 is 1.41. The zero-order chi connectivity index (χ0) is 13.3. The molecule has 0 atom stereocenters. The van der Waals surface area contributed by atoms with Gasteiger partial charge < -0.3 is 4.90 Å². The highest BCUT2D eigenvalue weighted by molar-refractivity contribution is 8.01. The standard InChI is InChI=1S/C13H14FNO2S/c1-13(2)12(17)15(6-5-14)10-4-3-9(8-16)7-11(10)18-13/h3-4,7-8H,5-6H2,1-2H3. The molecule has 0 radical (unpaired) electrons. The van der Waals surface area contributed by atoms with Crippen molar-refractivity contribution in [2.75, 3.05) is 18.1 Å². The van der Waals surface area contributed by atoms with Crippen LogP contribution < -0.4 is 4.90 Å². The minimum absolute atomic E-state index is 0.0518. The lowest BCUT2D eigenvalue weighted by Gasteiger charge is -2.37. The van der Waals surface area contributed by atoms with Crippen LogP contribution in [-0.2, 0) is 4.79 Å². The molecule has 0 saturated heterocycles. The van der Waals surface area contributed by atoms with E-state index in [4.69, 9.17) is 0 Å². The molecule has 0 aliphatic carbocycles. The molecule has 1 aromatic rings. The smallest absolute Gasteiger partial charge is 0.243 e. The highest BCUT2D eigenvalue weighted by Gasteiger charge is 2.39. The van der Waals surface area contributed by atoms with E-state index in [1.165, 1.54) is 16.7 Å². The number of hydrogen-bond donors (Lipinski definition) is 0. The maximum Gasteiger partial charge on any atom is 0.243 e. The maximum absolute atomic E-state index is 12.6. The first-order valence-corrected chi connectivity index (χ1v) is 6.47. The van der Waals surface area contributed by atoms with Gasteiger partial charge in [-0.2, -0.15) is 0 Å². The number of fused-ring (bicyclic) bond motifs is 1. The largest absolute Gasteiger partial charge is 0.307 e. The number of hydrogen-bond acceptors (Lipinski definition) is 3. The molecule has 5 heteroatoms. The molecule has 0 spiro atoms. The van der Waals surface area contributed by atoms with Crippen molar-refractivity contribution in [1.29, 1.82) is 0 Å². The zero-order valence-corrected chi connectivity index (χ0v) is 11.1. The van der Waals surface area contributed by atoms with Crippen molar-refractivity contribution in [2.24, 2.45) is 0 Å². The minimum Gasteiger partial charge on any atom is -0.307 e. The molecule has 0 unspecified atom stereocenters. The molecule has 1 amide bonds. The van der Waals surface area contributed by atoms with Gasteiger partial charge in [0.15, 0.2) is 0 Å². The van der Waals surface area contributed by atoms with E-state index >= 15 is 0 Å². The van der Waals surface area contributed by atoms with Gasteiger partial charge in [-0.3, -0.25) is 9.59 Å². The average Bonchev–Trinajstić information content (AvgIpc) is 2.34. The SMILES string of the molecule is CC1(C)Sc2cc(C=O)ccc2N(CCF)C1=O. The number of thioether (sulfide) groups is 1. The lowest BCUT2D eigenvalue weighted by atomic mass is 10.1. The van der Waals surface area contributed by atoms with Gasteiger partial charge in [-0.25, -0.2) is 4.39 Å². The molecular weight excluding hydrogens is 253 g/mol. The van der Waals surface area contributed by atoms with Crippen LogP contribution in [0, 0.1) is 0 Å². The Labute approximate surface area is 109 Å². The van der Waals surface area contributed by atoms with Gasteiger partial charge in [-0.15, -0.1) is 11.8 Å². The average molecular weight is 267 g/mol. The van der Waals surface area contributed by atoms with E-state index in [-0.39, 0.29) is 12.5 Å². The first-order valence-electron chi connectivity index (χ1n) is 5.66. The Bertz CT molecular complexity index is 502. The Balaban J connectivity index is 2.51. The van der Waals surface area contributed by atoms with Gasteiger partial charge in [-0.05, 0) is 32.0 Å². The Morgan fingerprint density at radius 1 is 1.44 bits per heavy atom. The maximum atomic E-state index is 12.6. The zero-order valence-electron chi connectivity index (χ0n) is 10.3. The number of carbonyl (C=O) groups excluding carboxylic acids is 2. The quantitative estimate of drug-likeness (QED) is 0.790. The molecule has 2 rings (SSSR count). The van der Waals surface area contributed by atoms with Crippen LogP contribution in [0.4, 0.5) is 10.1 Å². The molecule has 0 N–H and O–H groups in total. The second-order valence-corrected chi connectivity index (χ2v) is 6.27. The Kier molecular flexibility index (Phi) is 3.43. The van der Waals surface area contributed by atoms with Gasteiger partial charge in [0.05, 0.1) is 17.0 Å². The number of nitrogens with zero attached hydrogens (tertiary/aromatic N) is 1. The van der Waals surface area contributed by atoms with Crippen LogP contribution in [0.15, 0.2) is 23.1 Å². The van der Waals surface area contributed by atoms with Crippen molar-refractivity contribution < 1.29 is 14.0 Å². The third-order valence-electron chi connectivity index (χ3n) is 2.84. The van der Waals surface area contributed by atoms with E-state index in [9.17, 15) is 14.0 Å². The topological polar surface area (TPSA) is 37.4 Å². The molecule has 0 aromatic heterocycles. The molecule has 96 valence electrons. The fourth-order valence-corrected chi connectivity index (χ4v) is 3.19. The predicted molar refractivity (Wildman–Crippen MR) is 70.1 cm³/mol. The van der Waals surface area contributed by atoms with Crippen molar-refractivity contribution in [3.05, 3.63) is 23.8 Å². The van der Waals surface area contributed by atoms with E-state index in [0.717, 1.165) is 11.2 Å². The molecule has 0 bridgehead atoms. The van der Waals surface area contributed by atoms with Gasteiger partial charge in [0.1, 0.15) is 13.0 Å². The fourth-order valence-electron chi connectivity index (χ4n) is 1.97. The van der Waals surface area contributed by atoms with Crippen LogP contribution in [0.1, 0.15) is 24.2 Å². The summed E-state index contributed by atoms with van der Waals surface area (Å²) in [5.74, 6) is -0.100. The summed E-state index contributed by atoms with van der Waals surface area (Å²) in [7, 11) is 0. The molecule has 18 heavy (non-hydrogen) atoms. The van der Waals surface area contributed by atoms with E-state index < -0.39 is 11.4 Å². The summed E-state index contributed by atoms with van der Waals surface area (Å²) in [6, 6.07) is 5.09. The third kappa shape index (κ3) is 2.14. The summed E-state index contributed by atoms with van der Waals surface area (Å²) in [6.07, 6.45) is 0.768. The molecule has 3 nitrogen and oxygen atoms in total. The predicted octanol–water partition coefficient (Wildman–Crippen LogP) is 2.69. The first-order chi connectivity index (χ1) is 8.49. The van der Waals surface area contributed by atoms with Gasteiger partial charge in [0.2, 0.25) is 5.91 Å². The molecule has 1 aliphatic heterocycles. The van der Waals surface area contributed by atoms with E-state index in [1.54, 1.807) is 18.2 Å². The lowest BCUT2D eigenvalue weighted by molar-refractivity contribution is -0.120. The second kappa shape index (κ2) is 4.72. The molecule has 1 aliphatic rings. The normalized spacial score (nSPS) is 17.5. The lowest BCUT2D eigenvalue weighted by Crippen LogP contribution is -2.47. The van der Waals surface area contributed by atoms with Crippen LogP contribution in [-0.4, -0.2) is 30.2 Å². The number of aldehydes is 1. The summed E-state index contributed by atoms with van der Waals surface area (Å²) in [5, 5.41) is 0. The fraction of sp³-hybridized carbons (Fsp3) is 0.385. The Hall–Kier alpha value is -1.36. The van der Waals surface area contributed by atoms with Gasteiger partial charge >= 0.3 is 0 Å². The molecular formula is C13H14FNO2S. The van der Waals surface area contributed by atoms with Crippen molar-refractivity contribution in [3.63, 3.8) is 0 Å². The van der Waals surface area contributed by atoms with Crippen LogP contribution in [0.25, 0.3) is 0 Å². The number of halogens is 1. The highest BCUT2D eigenvalue weighted by Crippen LogP contribution is 2.45. The number of carbonyl (C=O) groups is 2. The number of benzene rings is 1. The Morgan fingerprint density at radius 3 is 2.78 bits per heavy atom. The van der Waals surface area contributed by atoms with Crippen molar-refractivity contribution in [3.8, 4) is 0 Å². The van der Waals surface area contributed by atoms with Crippen molar-refractivity contribution in [1.82, 2.24) is 0 Å². The molecule has 0 fully saturated rings. The number of rotatable bonds is 3. The van der Waals surface area contributed by atoms with Crippen molar-refractivity contribution >= 4 is 29.6 Å². The Morgan fingerprint density at radius 2 is 2.17 bits per heavy atom. The van der Waals surface area contributed by atoms with E-state index in [2.05, 4.69) is 0 Å². The minimum atomic E-state index is -0.635. The molecule has 1 heterocycles. The van der Waals surface area contributed by atoms with E-state index in [0.29, 0.717) is 11.3 Å². The van der Waals surface area contributed by atoms with Crippen LogP contribution in [0.2, 0.25) is 0 Å². The summed E-state index contributed by atoms with van der Waals surface area (Å²) in [5.41, 5.74) is 1.25. The highest BCUT2D eigenvalue weighted by atomic mass is 32.2. The van der Waals surface area contributed by atoms with Crippen molar-refractivity contribution in [2.45, 2.75) is 23.5 Å². The monoisotopic (exact) mass is 267 g/mol. The van der Waals surface area contributed by atoms with Crippen LogP contribution >= 0.6 is 11.8 Å². The number of alkyl halides is 1. The number of anilines is 1. The second-order valence-electron chi connectivity index (χ2n) is 4.60. The molecule has 1 aromatic carbocycles. The van der Waals surface area contributed by atoms with Gasteiger partial charge in [-0.1, -0.05) is 0 Å². The van der Waals surface area contributed by atoms with E-state index in [1.807, 2.05) is 13.8 Å². The first kappa shape index (κ1) is 13.1. The van der Waals surface area contributed by atoms with Gasteiger partial charge in [0, 0.05) is 10.5 Å². The van der Waals surface area contributed by atoms with Gasteiger partial charge in [0.25, 0.3) is 0 Å².